The van der Waals surface area contributed by atoms with Gasteiger partial charge in [-0.1, -0.05) is 45.2 Å². The normalized spacial score (nSPS) is 13.1. The zero-order valence-electron chi connectivity index (χ0n) is 22.6. The van der Waals surface area contributed by atoms with Gasteiger partial charge in [0.1, 0.15) is 16.3 Å². The van der Waals surface area contributed by atoms with Crippen LogP contribution >= 0.6 is 0 Å². The van der Waals surface area contributed by atoms with E-state index in [1.807, 2.05) is 6.92 Å². The first-order valence-corrected chi connectivity index (χ1v) is 14.3. The van der Waals surface area contributed by atoms with Gasteiger partial charge in [-0.2, -0.15) is 0 Å². The summed E-state index contributed by atoms with van der Waals surface area (Å²) < 4.78 is 35.3. The second-order valence-corrected chi connectivity index (χ2v) is 10.6. The second-order valence-electron chi connectivity index (χ2n) is 8.83. The predicted molar refractivity (Wildman–Crippen MR) is 148 cm³/mol. The van der Waals surface area contributed by atoms with E-state index in [0.717, 1.165) is 30.3 Å². The number of aromatic nitrogens is 1. The van der Waals surface area contributed by atoms with Crippen molar-refractivity contribution in [1.29, 1.82) is 0 Å². The molecule has 3 N–H and O–H groups in total. The molecule has 1 atom stereocenters. The van der Waals surface area contributed by atoms with Crippen LogP contribution in [0.25, 0.3) is 0 Å². The topological polar surface area (TPSA) is 155 Å². The van der Waals surface area contributed by atoms with E-state index in [0.29, 0.717) is 12.1 Å². The van der Waals surface area contributed by atoms with Crippen molar-refractivity contribution in [2.24, 2.45) is 21.1 Å². The number of sulfonamides is 1. The van der Waals surface area contributed by atoms with Gasteiger partial charge in [-0.3, -0.25) is 14.4 Å². The van der Waals surface area contributed by atoms with E-state index in [9.17, 15) is 18.3 Å². The van der Waals surface area contributed by atoms with Crippen LogP contribution in [0.15, 0.2) is 49.2 Å². The summed E-state index contributed by atoms with van der Waals surface area (Å²) in [6.45, 7) is 6.07. The summed E-state index contributed by atoms with van der Waals surface area (Å²) in [6.07, 6.45) is 5.26. The highest BCUT2D eigenvalue weighted by molar-refractivity contribution is 7.89. The molecule has 0 saturated heterocycles. The first-order valence-electron chi connectivity index (χ1n) is 12.8. The van der Waals surface area contributed by atoms with Crippen LogP contribution < -0.4 is 10.3 Å². The van der Waals surface area contributed by atoms with E-state index in [1.165, 1.54) is 25.4 Å². The maximum Gasteiger partial charge on any atom is 0.262 e. The van der Waals surface area contributed by atoms with Crippen molar-refractivity contribution in [3.8, 4) is 5.88 Å². The Morgan fingerprint density at radius 3 is 2.58 bits per heavy atom. The van der Waals surface area contributed by atoms with Gasteiger partial charge in [-0.15, -0.1) is 10.2 Å². The molecule has 1 heterocycles. The molecular weight excluding hydrogens is 510 g/mol. The largest absolute Gasteiger partial charge is 0.493 e. The maximum atomic E-state index is 13.1. The molecule has 2 aromatic rings. The Morgan fingerprint density at radius 1 is 1.18 bits per heavy atom. The SMILES string of the molecule is CCCCC(CC)CNS(=O)(=O)c1ccccc1/N=N/c1c(C)c(C=NC)c(=O)n(CCOCCO)c1O. The number of nitrogens with zero attached hydrogens (tertiary/aromatic N) is 4. The second kappa shape index (κ2) is 15.5. The molecule has 0 amide bonds. The lowest BCUT2D eigenvalue weighted by atomic mass is 10.00. The van der Waals surface area contributed by atoms with Crippen LogP contribution in [0.2, 0.25) is 0 Å². The van der Waals surface area contributed by atoms with Gasteiger partial charge in [0.05, 0.1) is 31.9 Å². The van der Waals surface area contributed by atoms with Crippen LogP contribution in [0, 0.1) is 12.8 Å². The molecule has 0 fully saturated rings. The van der Waals surface area contributed by atoms with E-state index >= 15 is 0 Å². The number of hydrogen-bond acceptors (Lipinski definition) is 9. The Bertz CT molecular complexity index is 1270. The number of aromatic hydroxyl groups is 1. The molecule has 210 valence electrons. The van der Waals surface area contributed by atoms with E-state index in [1.54, 1.807) is 19.1 Å². The van der Waals surface area contributed by atoms with Gasteiger partial charge in [0.25, 0.3) is 5.56 Å². The van der Waals surface area contributed by atoms with Crippen molar-refractivity contribution in [2.75, 3.05) is 33.4 Å². The standard InChI is InChI=1S/C26H39N5O6S/c1-5-7-10-20(6-2)17-28-38(35,36)23-12-9-8-11-22(23)29-30-24-19(3)21(18-27-4)25(33)31(26(24)34)13-15-37-16-14-32/h8-9,11-12,18,20,28,32,34H,5-7,10,13-17H2,1-4H3/b27-18?,30-29+. The van der Waals surface area contributed by atoms with Gasteiger partial charge in [-0.05, 0) is 37.0 Å². The molecule has 1 unspecified atom stereocenters. The number of aliphatic imine (C=N–C) groups is 1. The fourth-order valence-electron chi connectivity index (χ4n) is 3.88. The summed E-state index contributed by atoms with van der Waals surface area (Å²) in [5.41, 5.74) is 0.164. The lowest BCUT2D eigenvalue weighted by molar-refractivity contribution is 0.0854. The molecule has 2 rings (SSSR count). The number of nitrogens with one attached hydrogen (secondary N) is 1. The summed E-state index contributed by atoms with van der Waals surface area (Å²) in [5.74, 6) is -0.198. The fourth-order valence-corrected chi connectivity index (χ4v) is 5.13. The number of unbranched alkanes of at least 4 members (excludes halogenated alkanes) is 1. The first-order chi connectivity index (χ1) is 18.2. The molecular formula is C26H39N5O6S. The summed E-state index contributed by atoms with van der Waals surface area (Å²) in [7, 11) is -2.36. The Hall–Kier alpha value is -2.93. The Morgan fingerprint density at radius 2 is 1.92 bits per heavy atom. The number of aliphatic hydroxyl groups is 1. The molecule has 1 aromatic carbocycles. The molecule has 0 saturated carbocycles. The number of pyridine rings is 1. The molecule has 0 aliphatic heterocycles. The third-order valence-electron chi connectivity index (χ3n) is 6.17. The third kappa shape index (κ3) is 8.29. The number of hydrogen-bond donors (Lipinski definition) is 3. The average molecular weight is 550 g/mol. The Kier molecular flexibility index (Phi) is 12.7. The predicted octanol–water partition coefficient (Wildman–Crippen LogP) is 3.83. The molecule has 0 aliphatic rings. The molecule has 11 nitrogen and oxygen atoms in total. The van der Waals surface area contributed by atoms with Gasteiger partial charge in [-0.25, -0.2) is 13.1 Å². The quantitative estimate of drug-likeness (QED) is 0.164. The zero-order chi connectivity index (χ0) is 28.1. The highest BCUT2D eigenvalue weighted by Gasteiger charge is 2.21. The number of aliphatic hydroxyl groups excluding tert-OH is 1. The highest BCUT2D eigenvalue weighted by atomic mass is 32.2. The summed E-state index contributed by atoms with van der Waals surface area (Å²) >= 11 is 0. The summed E-state index contributed by atoms with van der Waals surface area (Å²) in [5, 5.41) is 28.1. The summed E-state index contributed by atoms with van der Waals surface area (Å²) in [6, 6.07) is 6.22. The van der Waals surface area contributed by atoms with Crippen LogP contribution in [-0.2, 0) is 21.3 Å². The van der Waals surface area contributed by atoms with Crippen molar-refractivity contribution >= 4 is 27.6 Å². The fraction of sp³-hybridized carbons (Fsp3) is 0.538. The number of azo groups is 1. The third-order valence-corrected chi connectivity index (χ3v) is 7.64. The minimum atomic E-state index is -3.87. The highest BCUT2D eigenvalue weighted by Crippen LogP contribution is 2.33. The monoisotopic (exact) mass is 549 g/mol. The van der Waals surface area contributed by atoms with Crippen molar-refractivity contribution in [2.45, 2.75) is 57.9 Å². The molecule has 38 heavy (non-hydrogen) atoms. The first kappa shape index (κ1) is 31.3. The van der Waals surface area contributed by atoms with Crippen LogP contribution in [0.4, 0.5) is 11.4 Å². The van der Waals surface area contributed by atoms with E-state index in [-0.39, 0.29) is 54.1 Å². The van der Waals surface area contributed by atoms with E-state index in [4.69, 9.17) is 9.84 Å². The van der Waals surface area contributed by atoms with Gasteiger partial charge in [0, 0.05) is 19.8 Å². The van der Waals surface area contributed by atoms with Crippen molar-refractivity contribution < 1.29 is 23.4 Å². The van der Waals surface area contributed by atoms with Crippen LogP contribution in [0.5, 0.6) is 5.88 Å². The minimum absolute atomic E-state index is 0.00351. The molecule has 12 heteroatoms. The van der Waals surface area contributed by atoms with Crippen molar-refractivity contribution in [3.05, 3.63) is 45.7 Å². The molecule has 0 radical (unpaired) electrons. The Balaban J connectivity index is 2.45. The van der Waals surface area contributed by atoms with Crippen LogP contribution in [-0.4, -0.2) is 62.8 Å². The Labute approximate surface area is 224 Å². The lowest BCUT2D eigenvalue weighted by Crippen LogP contribution is -2.29. The number of ether oxygens (including phenoxy) is 1. The summed E-state index contributed by atoms with van der Waals surface area (Å²) in [4.78, 5) is 16.8. The van der Waals surface area contributed by atoms with Gasteiger partial charge >= 0.3 is 0 Å². The van der Waals surface area contributed by atoms with Crippen LogP contribution in [0.3, 0.4) is 0 Å². The van der Waals surface area contributed by atoms with Gasteiger partial charge in [0.15, 0.2) is 0 Å². The average Bonchev–Trinajstić information content (AvgIpc) is 2.91. The van der Waals surface area contributed by atoms with Crippen molar-refractivity contribution in [1.82, 2.24) is 9.29 Å². The number of rotatable bonds is 16. The number of benzene rings is 1. The van der Waals surface area contributed by atoms with Crippen LogP contribution in [0.1, 0.15) is 50.7 Å². The maximum absolute atomic E-state index is 13.1. The van der Waals surface area contributed by atoms with E-state index < -0.39 is 21.5 Å². The molecule has 0 spiro atoms. The molecule has 1 aromatic heterocycles. The van der Waals surface area contributed by atoms with Crippen molar-refractivity contribution in [3.63, 3.8) is 0 Å². The van der Waals surface area contributed by atoms with Gasteiger partial charge < -0.3 is 14.9 Å². The minimum Gasteiger partial charge on any atom is -0.493 e. The van der Waals surface area contributed by atoms with Gasteiger partial charge in [0.2, 0.25) is 15.9 Å². The molecule has 0 aliphatic carbocycles. The smallest absolute Gasteiger partial charge is 0.262 e. The zero-order valence-corrected chi connectivity index (χ0v) is 23.4. The molecule has 0 bridgehead atoms. The van der Waals surface area contributed by atoms with E-state index in [2.05, 4.69) is 26.9 Å². The lowest BCUT2D eigenvalue weighted by Gasteiger charge is -2.16.